The number of aliphatic hydroxyl groups is 2. The molecule has 2 aromatic carbocycles. The summed E-state index contributed by atoms with van der Waals surface area (Å²) in [5, 5.41) is 18.0. The third-order valence-corrected chi connectivity index (χ3v) is 5.48. The standard InChI is InChI=1S/C23H29F2NO4/c1-22(2,18-5-9-21(10-6-18)30-16-23(24,25)15-28)17-3-7-20(8-4-17)29-14-19(13-27)26-11-12-26/h3-10,19,27-28H,11-16H2,1-2H3. The lowest BCUT2D eigenvalue weighted by Gasteiger charge is -2.27. The first-order chi connectivity index (χ1) is 14.2. The first-order valence-electron chi connectivity index (χ1n) is 10.1. The molecule has 0 spiro atoms. The maximum absolute atomic E-state index is 13.1. The van der Waals surface area contributed by atoms with Crippen molar-refractivity contribution in [3.63, 3.8) is 0 Å². The van der Waals surface area contributed by atoms with Gasteiger partial charge in [0.2, 0.25) is 0 Å². The molecular weight excluding hydrogens is 392 g/mol. The maximum Gasteiger partial charge on any atom is 0.303 e. The van der Waals surface area contributed by atoms with Gasteiger partial charge in [0.25, 0.3) is 0 Å². The van der Waals surface area contributed by atoms with Crippen LogP contribution in [-0.2, 0) is 5.41 Å². The number of ether oxygens (including phenoxy) is 2. The average Bonchev–Trinajstić information content (AvgIpc) is 3.59. The summed E-state index contributed by atoms with van der Waals surface area (Å²) in [6.45, 7) is 4.63. The largest absolute Gasteiger partial charge is 0.492 e. The number of rotatable bonds is 11. The summed E-state index contributed by atoms with van der Waals surface area (Å²) in [5.41, 5.74) is 1.79. The fourth-order valence-electron chi connectivity index (χ4n) is 3.23. The molecule has 0 aliphatic carbocycles. The smallest absolute Gasteiger partial charge is 0.303 e. The minimum atomic E-state index is -3.25. The molecule has 1 saturated heterocycles. The van der Waals surface area contributed by atoms with Gasteiger partial charge in [-0.25, -0.2) is 8.78 Å². The van der Waals surface area contributed by atoms with Gasteiger partial charge < -0.3 is 19.7 Å². The molecule has 1 aliphatic rings. The summed E-state index contributed by atoms with van der Waals surface area (Å²) in [6, 6.07) is 14.9. The van der Waals surface area contributed by atoms with Crippen LogP contribution in [0, 0.1) is 0 Å². The van der Waals surface area contributed by atoms with Crippen molar-refractivity contribution < 1.29 is 28.5 Å². The minimum absolute atomic E-state index is 0.0409. The highest BCUT2D eigenvalue weighted by Crippen LogP contribution is 2.33. The summed E-state index contributed by atoms with van der Waals surface area (Å²) in [4.78, 5) is 2.16. The van der Waals surface area contributed by atoms with Crippen LogP contribution in [0.5, 0.6) is 11.5 Å². The monoisotopic (exact) mass is 421 g/mol. The van der Waals surface area contributed by atoms with Gasteiger partial charge in [-0.05, 0) is 35.4 Å². The van der Waals surface area contributed by atoms with Crippen molar-refractivity contribution in [2.75, 3.05) is 39.5 Å². The van der Waals surface area contributed by atoms with Gasteiger partial charge >= 0.3 is 5.92 Å². The van der Waals surface area contributed by atoms with Gasteiger partial charge in [0.15, 0.2) is 6.61 Å². The number of hydrogen-bond acceptors (Lipinski definition) is 5. The van der Waals surface area contributed by atoms with E-state index in [1.54, 1.807) is 12.1 Å². The van der Waals surface area contributed by atoms with E-state index in [1.807, 2.05) is 36.4 Å². The summed E-state index contributed by atoms with van der Waals surface area (Å²) < 4.78 is 37.1. The summed E-state index contributed by atoms with van der Waals surface area (Å²) in [6.07, 6.45) is 0. The second-order valence-corrected chi connectivity index (χ2v) is 8.16. The molecule has 164 valence electrons. The second-order valence-electron chi connectivity index (χ2n) is 8.16. The third kappa shape index (κ3) is 5.68. The molecule has 0 amide bonds. The molecule has 7 heteroatoms. The van der Waals surface area contributed by atoms with Crippen molar-refractivity contribution in [1.29, 1.82) is 0 Å². The van der Waals surface area contributed by atoms with E-state index in [9.17, 15) is 13.9 Å². The van der Waals surface area contributed by atoms with Crippen molar-refractivity contribution in [2.24, 2.45) is 0 Å². The van der Waals surface area contributed by atoms with Crippen molar-refractivity contribution in [2.45, 2.75) is 31.2 Å². The highest BCUT2D eigenvalue weighted by atomic mass is 19.3. The zero-order valence-electron chi connectivity index (χ0n) is 17.4. The highest BCUT2D eigenvalue weighted by Gasteiger charge is 2.29. The first-order valence-corrected chi connectivity index (χ1v) is 10.1. The molecule has 0 aromatic heterocycles. The van der Waals surface area contributed by atoms with Gasteiger partial charge in [0, 0.05) is 18.5 Å². The number of halogens is 2. The van der Waals surface area contributed by atoms with E-state index in [2.05, 4.69) is 18.7 Å². The van der Waals surface area contributed by atoms with E-state index in [-0.39, 0.29) is 18.1 Å². The molecule has 0 bridgehead atoms. The van der Waals surface area contributed by atoms with Crippen molar-refractivity contribution in [3.05, 3.63) is 59.7 Å². The zero-order valence-corrected chi connectivity index (χ0v) is 17.4. The zero-order chi connectivity index (χ0) is 21.8. The van der Waals surface area contributed by atoms with E-state index in [0.717, 1.165) is 30.0 Å². The molecule has 0 radical (unpaired) electrons. The normalized spacial score (nSPS) is 15.7. The van der Waals surface area contributed by atoms with E-state index in [4.69, 9.17) is 14.6 Å². The molecule has 1 aliphatic heterocycles. The van der Waals surface area contributed by atoms with Crippen LogP contribution in [-0.4, -0.2) is 66.6 Å². The van der Waals surface area contributed by atoms with Gasteiger partial charge in [-0.1, -0.05) is 38.1 Å². The van der Waals surface area contributed by atoms with Gasteiger partial charge in [-0.3, -0.25) is 4.90 Å². The Balaban J connectivity index is 1.61. The van der Waals surface area contributed by atoms with Crippen LogP contribution in [0.4, 0.5) is 8.78 Å². The summed E-state index contributed by atoms with van der Waals surface area (Å²) in [7, 11) is 0. The Morgan fingerprint density at radius 3 is 1.83 bits per heavy atom. The number of alkyl halides is 2. The van der Waals surface area contributed by atoms with E-state index >= 15 is 0 Å². The van der Waals surface area contributed by atoms with Crippen LogP contribution in [0.25, 0.3) is 0 Å². The highest BCUT2D eigenvalue weighted by molar-refractivity contribution is 5.41. The predicted octanol–water partition coefficient (Wildman–Crippen LogP) is 3.07. The lowest BCUT2D eigenvalue weighted by molar-refractivity contribution is -0.0801. The van der Waals surface area contributed by atoms with Crippen molar-refractivity contribution in [3.8, 4) is 11.5 Å². The molecule has 3 rings (SSSR count). The van der Waals surface area contributed by atoms with Gasteiger partial charge in [0.1, 0.15) is 24.7 Å². The Morgan fingerprint density at radius 1 is 0.900 bits per heavy atom. The van der Waals surface area contributed by atoms with E-state index < -0.39 is 19.1 Å². The van der Waals surface area contributed by atoms with Crippen LogP contribution < -0.4 is 9.47 Å². The minimum Gasteiger partial charge on any atom is -0.492 e. The molecule has 1 unspecified atom stereocenters. The fraction of sp³-hybridized carbons (Fsp3) is 0.478. The predicted molar refractivity (Wildman–Crippen MR) is 110 cm³/mol. The topological polar surface area (TPSA) is 61.9 Å². The van der Waals surface area contributed by atoms with Crippen LogP contribution in [0.1, 0.15) is 25.0 Å². The van der Waals surface area contributed by atoms with E-state index in [1.165, 1.54) is 0 Å². The molecule has 1 heterocycles. The second kappa shape index (κ2) is 9.29. The summed E-state index contributed by atoms with van der Waals surface area (Å²) in [5.74, 6) is -2.17. The lowest BCUT2D eigenvalue weighted by atomic mass is 9.78. The van der Waals surface area contributed by atoms with Crippen LogP contribution in [0.15, 0.2) is 48.5 Å². The van der Waals surface area contributed by atoms with Crippen molar-refractivity contribution >= 4 is 0 Å². The molecule has 30 heavy (non-hydrogen) atoms. The SMILES string of the molecule is CC(C)(c1ccc(OCC(CO)N2CC2)cc1)c1ccc(OCC(F)(F)CO)cc1. The van der Waals surface area contributed by atoms with Gasteiger partial charge in [0.05, 0.1) is 12.6 Å². The number of aliphatic hydroxyl groups excluding tert-OH is 2. The maximum atomic E-state index is 13.1. The molecule has 1 atom stereocenters. The lowest BCUT2D eigenvalue weighted by Crippen LogP contribution is -2.30. The third-order valence-electron chi connectivity index (χ3n) is 5.48. The Bertz CT molecular complexity index is 805. The Labute approximate surface area is 175 Å². The van der Waals surface area contributed by atoms with Crippen molar-refractivity contribution in [1.82, 2.24) is 4.90 Å². The molecular formula is C23H29F2NO4. The Morgan fingerprint density at radius 2 is 1.40 bits per heavy atom. The quantitative estimate of drug-likeness (QED) is 0.546. The molecule has 1 fully saturated rings. The molecule has 0 saturated carbocycles. The average molecular weight is 421 g/mol. The van der Waals surface area contributed by atoms with Crippen LogP contribution in [0.3, 0.4) is 0 Å². The fourth-order valence-corrected chi connectivity index (χ4v) is 3.23. The molecule has 2 N–H and O–H groups in total. The number of hydrogen-bond donors (Lipinski definition) is 2. The van der Waals surface area contributed by atoms with Crippen LogP contribution >= 0.6 is 0 Å². The summed E-state index contributed by atoms with van der Waals surface area (Å²) >= 11 is 0. The van der Waals surface area contributed by atoms with Gasteiger partial charge in [-0.15, -0.1) is 0 Å². The number of nitrogens with zero attached hydrogens (tertiary/aromatic N) is 1. The number of benzene rings is 2. The van der Waals surface area contributed by atoms with Crippen LogP contribution in [0.2, 0.25) is 0 Å². The first kappa shape index (κ1) is 22.5. The Kier molecular flexibility index (Phi) is 6.95. The molecule has 2 aromatic rings. The Hall–Kier alpha value is -2.22. The van der Waals surface area contributed by atoms with Gasteiger partial charge in [-0.2, -0.15) is 0 Å². The van der Waals surface area contributed by atoms with E-state index in [0.29, 0.717) is 12.4 Å². The molecule has 5 nitrogen and oxygen atoms in total.